The fourth-order valence-electron chi connectivity index (χ4n) is 2.47. The van der Waals surface area contributed by atoms with Crippen molar-refractivity contribution >= 4 is 0 Å². The average Bonchev–Trinajstić information content (AvgIpc) is 2.27. The molecule has 0 saturated heterocycles. The van der Waals surface area contributed by atoms with Crippen molar-refractivity contribution in [2.75, 3.05) is 13.1 Å². The molecule has 2 atom stereocenters. The van der Waals surface area contributed by atoms with E-state index in [4.69, 9.17) is 0 Å². The van der Waals surface area contributed by atoms with E-state index < -0.39 is 0 Å². The third kappa shape index (κ3) is 5.22. The molecule has 1 nitrogen and oxygen atoms in total. The highest BCUT2D eigenvalue weighted by Crippen LogP contribution is 2.18. The molecule has 0 aliphatic rings. The van der Waals surface area contributed by atoms with Crippen molar-refractivity contribution in [2.24, 2.45) is 11.8 Å². The Labute approximate surface area is 113 Å². The second-order valence-corrected chi connectivity index (χ2v) is 5.86. The fraction of sp³-hybridized carbons (Fsp3) is 0.647. The minimum absolute atomic E-state index is 0.732. The summed E-state index contributed by atoms with van der Waals surface area (Å²) in [5.74, 6) is 1.47. The van der Waals surface area contributed by atoms with Crippen LogP contribution in [0.25, 0.3) is 0 Å². The minimum atomic E-state index is 0.732. The second kappa shape index (κ2) is 7.58. The van der Waals surface area contributed by atoms with Crippen LogP contribution >= 0.6 is 0 Å². The third-order valence-corrected chi connectivity index (χ3v) is 3.70. The van der Waals surface area contributed by atoms with Crippen LogP contribution in [0.4, 0.5) is 0 Å². The molecule has 0 bridgehead atoms. The minimum Gasteiger partial charge on any atom is -0.316 e. The first-order chi connectivity index (χ1) is 8.52. The Bertz CT molecular complexity index is 336. The van der Waals surface area contributed by atoms with Crippen molar-refractivity contribution in [3.63, 3.8) is 0 Å². The summed E-state index contributed by atoms with van der Waals surface area (Å²) in [6, 6.07) is 6.91. The van der Waals surface area contributed by atoms with Gasteiger partial charge < -0.3 is 5.32 Å². The quantitative estimate of drug-likeness (QED) is 0.715. The van der Waals surface area contributed by atoms with Gasteiger partial charge in [0.2, 0.25) is 0 Å². The van der Waals surface area contributed by atoms with Gasteiger partial charge in [-0.2, -0.15) is 0 Å². The van der Waals surface area contributed by atoms with E-state index in [1.807, 2.05) is 0 Å². The van der Waals surface area contributed by atoms with E-state index >= 15 is 0 Å². The van der Waals surface area contributed by atoms with E-state index in [2.05, 4.69) is 58.1 Å². The molecule has 0 heterocycles. The van der Waals surface area contributed by atoms with Crippen molar-refractivity contribution in [3.8, 4) is 0 Å². The van der Waals surface area contributed by atoms with E-state index in [9.17, 15) is 0 Å². The lowest BCUT2D eigenvalue weighted by atomic mass is 9.88. The topological polar surface area (TPSA) is 12.0 Å². The number of rotatable bonds is 7. The molecule has 0 aromatic heterocycles. The molecule has 2 unspecified atom stereocenters. The fourth-order valence-corrected chi connectivity index (χ4v) is 2.47. The predicted octanol–water partition coefficient (Wildman–Crippen LogP) is 4.12. The van der Waals surface area contributed by atoms with Gasteiger partial charge >= 0.3 is 0 Å². The van der Waals surface area contributed by atoms with E-state index in [0.717, 1.165) is 24.9 Å². The van der Waals surface area contributed by atoms with Gasteiger partial charge in [-0.05, 0) is 57.2 Å². The van der Waals surface area contributed by atoms with Crippen molar-refractivity contribution in [2.45, 2.75) is 47.5 Å². The molecule has 0 radical (unpaired) electrons. The molecule has 102 valence electrons. The maximum absolute atomic E-state index is 3.52. The molecule has 1 N–H and O–H groups in total. The number of hydrogen-bond donors (Lipinski definition) is 1. The molecule has 0 saturated carbocycles. The summed E-state index contributed by atoms with van der Waals surface area (Å²) >= 11 is 0. The normalized spacial score (nSPS) is 14.5. The van der Waals surface area contributed by atoms with Gasteiger partial charge in [0.05, 0.1) is 0 Å². The Kier molecular flexibility index (Phi) is 6.42. The number of hydrogen-bond acceptors (Lipinski definition) is 1. The second-order valence-electron chi connectivity index (χ2n) is 5.86. The molecule has 1 rings (SSSR count). The van der Waals surface area contributed by atoms with Crippen LogP contribution < -0.4 is 5.32 Å². The highest BCUT2D eigenvalue weighted by molar-refractivity contribution is 5.28. The maximum atomic E-state index is 3.52. The zero-order valence-corrected chi connectivity index (χ0v) is 12.7. The van der Waals surface area contributed by atoms with Crippen molar-refractivity contribution in [1.29, 1.82) is 0 Å². The van der Waals surface area contributed by atoms with Crippen LogP contribution in [0.3, 0.4) is 0 Å². The van der Waals surface area contributed by atoms with Crippen LogP contribution in [0.2, 0.25) is 0 Å². The predicted molar refractivity (Wildman–Crippen MR) is 81.1 cm³/mol. The first-order valence-electron chi connectivity index (χ1n) is 7.30. The van der Waals surface area contributed by atoms with Gasteiger partial charge in [-0.3, -0.25) is 0 Å². The van der Waals surface area contributed by atoms with Crippen molar-refractivity contribution in [1.82, 2.24) is 5.32 Å². The number of benzene rings is 1. The molecule has 0 amide bonds. The Morgan fingerprint density at radius 3 is 2.17 bits per heavy atom. The van der Waals surface area contributed by atoms with Gasteiger partial charge in [-0.15, -0.1) is 0 Å². The summed E-state index contributed by atoms with van der Waals surface area (Å²) in [7, 11) is 0. The Morgan fingerprint density at radius 1 is 1.00 bits per heavy atom. The summed E-state index contributed by atoms with van der Waals surface area (Å²) in [4.78, 5) is 0. The Morgan fingerprint density at radius 2 is 1.61 bits per heavy atom. The molecular weight excluding hydrogens is 218 g/mol. The van der Waals surface area contributed by atoms with E-state index in [0.29, 0.717) is 0 Å². The zero-order valence-electron chi connectivity index (χ0n) is 12.7. The monoisotopic (exact) mass is 247 g/mol. The molecule has 18 heavy (non-hydrogen) atoms. The van der Waals surface area contributed by atoms with Gasteiger partial charge in [-0.1, -0.05) is 50.1 Å². The maximum Gasteiger partial charge on any atom is -0.00205 e. The van der Waals surface area contributed by atoms with Crippen LogP contribution in [-0.4, -0.2) is 13.1 Å². The van der Waals surface area contributed by atoms with Gasteiger partial charge in [0.25, 0.3) is 0 Å². The van der Waals surface area contributed by atoms with Gasteiger partial charge in [-0.25, -0.2) is 0 Å². The Hall–Kier alpha value is -0.820. The lowest BCUT2D eigenvalue weighted by molar-refractivity contribution is 0.365. The van der Waals surface area contributed by atoms with Crippen LogP contribution in [0.1, 0.15) is 43.9 Å². The molecule has 0 fully saturated rings. The third-order valence-electron chi connectivity index (χ3n) is 3.70. The summed E-state index contributed by atoms with van der Waals surface area (Å²) < 4.78 is 0. The lowest BCUT2D eigenvalue weighted by Gasteiger charge is -2.21. The van der Waals surface area contributed by atoms with E-state index in [-0.39, 0.29) is 0 Å². The van der Waals surface area contributed by atoms with E-state index in [1.165, 1.54) is 29.5 Å². The smallest absolute Gasteiger partial charge is 0.00205 e. The first kappa shape index (κ1) is 15.2. The number of nitrogens with one attached hydrogen (secondary N) is 1. The average molecular weight is 247 g/mol. The Balaban J connectivity index is 2.49. The van der Waals surface area contributed by atoms with Gasteiger partial charge in [0.1, 0.15) is 0 Å². The van der Waals surface area contributed by atoms with Crippen LogP contribution in [0, 0.1) is 25.7 Å². The van der Waals surface area contributed by atoms with Crippen LogP contribution in [0.5, 0.6) is 0 Å². The molecule has 1 aromatic carbocycles. The molecule has 0 aliphatic carbocycles. The molecule has 1 aromatic rings. The summed E-state index contributed by atoms with van der Waals surface area (Å²) in [5.41, 5.74) is 4.25. The highest BCUT2D eigenvalue weighted by atomic mass is 14.8. The first-order valence-corrected chi connectivity index (χ1v) is 7.30. The lowest BCUT2D eigenvalue weighted by Crippen LogP contribution is -2.26. The number of aryl methyl sites for hydroxylation is 2. The zero-order chi connectivity index (χ0) is 13.5. The van der Waals surface area contributed by atoms with E-state index in [1.54, 1.807) is 0 Å². The van der Waals surface area contributed by atoms with Crippen molar-refractivity contribution < 1.29 is 0 Å². The summed E-state index contributed by atoms with van der Waals surface area (Å²) in [6.07, 6.45) is 2.41. The summed E-state index contributed by atoms with van der Waals surface area (Å²) in [5, 5.41) is 3.52. The SMILES string of the molecule is CCCNCC(C)C(C)Cc1cc(C)cc(C)c1. The molecule has 0 aliphatic heterocycles. The van der Waals surface area contributed by atoms with Crippen LogP contribution in [-0.2, 0) is 6.42 Å². The molecule has 0 spiro atoms. The van der Waals surface area contributed by atoms with Crippen molar-refractivity contribution in [3.05, 3.63) is 34.9 Å². The van der Waals surface area contributed by atoms with Crippen LogP contribution in [0.15, 0.2) is 18.2 Å². The highest BCUT2D eigenvalue weighted by Gasteiger charge is 2.12. The van der Waals surface area contributed by atoms with Gasteiger partial charge in [0.15, 0.2) is 0 Å². The molecule has 1 heteroatoms. The molecular formula is C17H29N. The van der Waals surface area contributed by atoms with Gasteiger partial charge in [0, 0.05) is 0 Å². The standard InChI is InChI=1S/C17H29N/c1-6-7-18-12-16(5)15(4)11-17-9-13(2)8-14(3)10-17/h8-10,15-16,18H,6-7,11-12H2,1-5H3. The summed E-state index contributed by atoms with van der Waals surface area (Å²) in [6.45, 7) is 13.6. The largest absolute Gasteiger partial charge is 0.316 e.